The van der Waals surface area contributed by atoms with Crippen LogP contribution in [0.2, 0.25) is 0 Å². The number of amides is 2. The van der Waals surface area contributed by atoms with E-state index >= 15 is 0 Å². The van der Waals surface area contributed by atoms with Gasteiger partial charge in [-0.15, -0.1) is 0 Å². The van der Waals surface area contributed by atoms with E-state index in [-0.39, 0.29) is 18.1 Å². The van der Waals surface area contributed by atoms with E-state index in [1.807, 2.05) is 54.6 Å². The van der Waals surface area contributed by atoms with Gasteiger partial charge in [0.25, 0.3) is 11.8 Å². The third-order valence-corrected chi connectivity index (χ3v) is 5.46. The van der Waals surface area contributed by atoms with Crippen LogP contribution in [0.25, 0.3) is 17.3 Å². The molecule has 1 unspecified atom stereocenters. The summed E-state index contributed by atoms with van der Waals surface area (Å²) in [5.74, 6) is 0.140. The molecule has 1 fully saturated rings. The molecule has 8 heteroatoms. The maximum atomic E-state index is 12.3. The number of carbonyl (C=O) groups is 2. The molecule has 1 atom stereocenters. The van der Waals surface area contributed by atoms with E-state index in [9.17, 15) is 9.59 Å². The van der Waals surface area contributed by atoms with Crippen LogP contribution in [-0.4, -0.2) is 41.7 Å². The highest BCUT2D eigenvalue weighted by Crippen LogP contribution is 2.23. The topological polar surface area (TPSA) is 105 Å². The van der Waals surface area contributed by atoms with Crippen LogP contribution in [0.1, 0.15) is 46.7 Å². The quantitative estimate of drug-likeness (QED) is 0.352. The van der Waals surface area contributed by atoms with Gasteiger partial charge in [-0.05, 0) is 30.0 Å². The van der Waals surface area contributed by atoms with Crippen LogP contribution >= 0.6 is 0 Å². The van der Waals surface area contributed by atoms with Crippen LogP contribution in [0, 0.1) is 0 Å². The van der Waals surface area contributed by atoms with Crippen LogP contribution in [0.5, 0.6) is 0 Å². The molecule has 3 aromatic rings. The molecule has 0 spiro atoms. The number of nitrogens with one attached hydrogen (secondary N) is 3. The molecule has 0 bridgehead atoms. The Morgan fingerprint density at radius 1 is 1.15 bits per heavy atom. The largest absolute Gasteiger partial charge is 0.354 e. The zero-order valence-electron chi connectivity index (χ0n) is 19.0. The summed E-state index contributed by atoms with van der Waals surface area (Å²) < 4.78 is 5.42. The van der Waals surface area contributed by atoms with Crippen LogP contribution < -0.4 is 10.8 Å². The Bertz CT molecular complexity index is 1130. The van der Waals surface area contributed by atoms with Crippen molar-refractivity contribution in [3.63, 3.8) is 0 Å². The number of benzene rings is 2. The summed E-state index contributed by atoms with van der Waals surface area (Å²) in [6.45, 7) is 0.654. The number of carbonyl (C=O) groups excluding carboxylic acids is 2. The average Bonchev–Trinajstić information content (AvgIpc) is 3.31. The lowest BCUT2D eigenvalue weighted by Gasteiger charge is -2.21. The van der Waals surface area contributed by atoms with E-state index in [1.165, 1.54) is 6.08 Å². The summed E-state index contributed by atoms with van der Waals surface area (Å²) in [6.07, 6.45) is 6.13. The number of aromatic amines is 1. The third kappa shape index (κ3) is 6.18. The molecule has 0 radical (unpaired) electrons. The predicted molar refractivity (Wildman–Crippen MR) is 129 cm³/mol. The Hall–Kier alpha value is -3.75. The average molecular weight is 461 g/mol. The molecule has 0 saturated carbocycles. The van der Waals surface area contributed by atoms with Crippen LogP contribution in [0.4, 0.5) is 0 Å². The first kappa shape index (κ1) is 23.4. The molecule has 176 valence electrons. The highest BCUT2D eigenvalue weighted by atomic mass is 16.8. The summed E-state index contributed by atoms with van der Waals surface area (Å²) >= 11 is 0. The lowest BCUT2D eigenvalue weighted by molar-refractivity contribution is -0.198. The van der Waals surface area contributed by atoms with Crippen molar-refractivity contribution in [2.24, 2.45) is 0 Å². The minimum atomic E-state index is -0.377. The number of hydroxylamine groups is 1. The second-order valence-electron chi connectivity index (χ2n) is 7.98. The number of rotatable bonds is 8. The minimum Gasteiger partial charge on any atom is -0.354 e. The van der Waals surface area contributed by atoms with Gasteiger partial charge in [0.15, 0.2) is 6.29 Å². The first-order valence-electron chi connectivity index (χ1n) is 11.3. The Morgan fingerprint density at radius 3 is 2.65 bits per heavy atom. The summed E-state index contributed by atoms with van der Waals surface area (Å²) in [4.78, 5) is 37.4. The molecule has 1 aliphatic heterocycles. The molecule has 2 amide bonds. The van der Waals surface area contributed by atoms with E-state index in [4.69, 9.17) is 9.57 Å². The summed E-state index contributed by atoms with van der Waals surface area (Å²) in [6, 6.07) is 17.4. The molecule has 3 N–H and O–H groups in total. The van der Waals surface area contributed by atoms with Crippen LogP contribution in [0.15, 0.2) is 60.7 Å². The number of hydrogen-bond donors (Lipinski definition) is 3. The van der Waals surface area contributed by atoms with Gasteiger partial charge in [0, 0.05) is 38.1 Å². The van der Waals surface area contributed by atoms with E-state index in [0.717, 1.165) is 36.0 Å². The lowest BCUT2D eigenvalue weighted by atomic mass is 10.1. The standard InChI is InChI=1S/C26H28N4O4/c1-27-26(32)25-24(20-7-3-2-4-8-20)28-21(29-25)17-19-12-10-18(11-13-19)14-15-22(31)30-34-23-9-5-6-16-33-23/h2-4,7-8,10-15,23H,5-6,9,16-17H2,1H3,(H,27,32)(H,28,29)(H,30,31). The third-order valence-electron chi connectivity index (χ3n) is 5.46. The SMILES string of the molecule is CNC(=O)c1[nH]c(Cc2ccc(C=CC(=O)NOC3CCCCO3)cc2)nc1-c1ccccc1. The maximum Gasteiger partial charge on any atom is 0.269 e. The Kier molecular flexibility index (Phi) is 7.85. The van der Waals surface area contributed by atoms with Gasteiger partial charge in [0.1, 0.15) is 17.2 Å². The molecule has 34 heavy (non-hydrogen) atoms. The van der Waals surface area contributed by atoms with Gasteiger partial charge in [0.2, 0.25) is 0 Å². The highest BCUT2D eigenvalue weighted by molar-refractivity contribution is 5.98. The van der Waals surface area contributed by atoms with Gasteiger partial charge < -0.3 is 15.0 Å². The highest BCUT2D eigenvalue weighted by Gasteiger charge is 2.18. The molecule has 0 aliphatic carbocycles. The normalized spacial score (nSPS) is 15.9. The molecule has 1 aliphatic rings. The van der Waals surface area contributed by atoms with Crippen molar-refractivity contribution in [3.05, 3.63) is 83.3 Å². The Labute approximate surface area is 198 Å². The summed E-state index contributed by atoms with van der Waals surface area (Å²) in [5.41, 5.74) is 6.25. The molecule has 8 nitrogen and oxygen atoms in total. The molecular formula is C26H28N4O4. The van der Waals surface area contributed by atoms with Gasteiger partial charge in [-0.3, -0.25) is 9.59 Å². The van der Waals surface area contributed by atoms with Crippen molar-refractivity contribution < 1.29 is 19.2 Å². The zero-order chi connectivity index (χ0) is 23.8. The molecular weight excluding hydrogens is 432 g/mol. The fourth-order valence-corrected chi connectivity index (χ4v) is 3.67. The minimum absolute atomic E-state index is 0.213. The smallest absolute Gasteiger partial charge is 0.269 e. The number of H-pyrrole nitrogens is 1. The van der Waals surface area contributed by atoms with Crippen LogP contribution in [-0.2, 0) is 20.8 Å². The van der Waals surface area contributed by atoms with Crippen LogP contribution in [0.3, 0.4) is 0 Å². The number of ether oxygens (including phenoxy) is 1. The zero-order valence-corrected chi connectivity index (χ0v) is 19.0. The molecule has 2 heterocycles. The van der Waals surface area contributed by atoms with Crippen molar-refractivity contribution >= 4 is 17.9 Å². The first-order chi connectivity index (χ1) is 16.6. The molecule has 4 rings (SSSR count). The molecule has 1 saturated heterocycles. The van der Waals surface area contributed by atoms with Gasteiger partial charge in [-0.2, -0.15) is 0 Å². The fraction of sp³-hybridized carbons (Fsp3) is 0.269. The van der Waals surface area contributed by atoms with Crippen molar-refractivity contribution in [1.29, 1.82) is 0 Å². The Morgan fingerprint density at radius 2 is 1.94 bits per heavy atom. The summed E-state index contributed by atoms with van der Waals surface area (Å²) in [5, 5.41) is 2.66. The van der Waals surface area contributed by atoms with Crippen molar-refractivity contribution in [2.75, 3.05) is 13.7 Å². The number of hydrogen-bond acceptors (Lipinski definition) is 5. The second-order valence-corrected chi connectivity index (χ2v) is 7.98. The van der Waals surface area contributed by atoms with Gasteiger partial charge in [-0.25, -0.2) is 15.3 Å². The Balaban J connectivity index is 1.37. The van der Waals surface area contributed by atoms with Crippen molar-refractivity contribution in [3.8, 4) is 11.3 Å². The van der Waals surface area contributed by atoms with Crippen molar-refractivity contribution in [2.45, 2.75) is 32.0 Å². The number of nitrogens with zero attached hydrogens (tertiary/aromatic N) is 1. The first-order valence-corrected chi connectivity index (χ1v) is 11.3. The maximum absolute atomic E-state index is 12.3. The molecule has 1 aromatic heterocycles. The number of imidazole rings is 1. The lowest BCUT2D eigenvalue weighted by Crippen LogP contribution is -2.32. The predicted octanol–water partition coefficient (Wildman–Crippen LogP) is 3.61. The van der Waals surface area contributed by atoms with E-state index < -0.39 is 0 Å². The fourth-order valence-electron chi connectivity index (χ4n) is 3.67. The monoisotopic (exact) mass is 460 g/mol. The van der Waals surface area contributed by atoms with Gasteiger partial charge in [-0.1, -0.05) is 54.6 Å². The second kappa shape index (κ2) is 11.4. The number of aromatic nitrogens is 2. The van der Waals surface area contributed by atoms with E-state index in [2.05, 4.69) is 20.8 Å². The van der Waals surface area contributed by atoms with Gasteiger partial charge >= 0.3 is 0 Å². The van der Waals surface area contributed by atoms with E-state index in [1.54, 1.807) is 13.1 Å². The van der Waals surface area contributed by atoms with Crippen molar-refractivity contribution in [1.82, 2.24) is 20.8 Å². The summed E-state index contributed by atoms with van der Waals surface area (Å²) in [7, 11) is 1.60. The molecule has 2 aromatic carbocycles. The van der Waals surface area contributed by atoms with Gasteiger partial charge in [0.05, 0.1) is 0 Å². The van der Waals surface area contributed by atoms with E-state index in [0.29, 0.717) is 30.2 Å².